The molecule has 0 radical (unpaired) electrons. The van der Waals surface area contributed by atoms with E-state index in [-0.39, 0.29) is 12.2 Å². The summed E-state index contributed by atoms with van der Waals surface area (Å²) in [4.78, 5) is 30.1. The number of fused-ring (bicyclic) bond motifs is 1. The Labute approximate surface area is 197 Å². The van der Waals surface area contributed by atoms with Gasteiger partial charge in [-0.2, -0.15) is 5.10 Å². The molecule has 0 N–H and O–H groups in total. The van der Waals surface area contributed by atoms with E-state index in [1.165, 1.54) is 4.40 Å². The number of hydrogen-bond donors (Lipinski definition) is 0. The average molecular weight is 461 g/mol. The summed E-state index contributed by atoms with van der Waals surface area (Å²) >= 11 is 0. The van der Waals surface area contributed by atoms with Crippen LogP contribution >= 0.6 is 0 Å². The van der Waals surface area contributed by atoms with E-state index in [0.29, 0.717) is 28.3 Å². The number of nitrogens with zero attached hydrogens (tertiary/aromatic N) is 4. The van der Waals surface area contributed by atoms with Crippen molar-refractivity contribution in [2.75, 3.05) is 6.61 Å². The van der Waals surface area contributed by atoms with Gasteiger partial charge in [0, 0.05) is 11.9 Å². The van der Waals surface area contributed by atoms with Crippen molar-refractivity contribution in [1.82, 2.24) is 19.2 Å². The molecule has 4 aromatic rings. The lowest BCUT2D eigenvalue weighted by atomic mass is 10.1. The molecular weight excluding hydrogens is 432 g/mol. The Hall–Kier alpha value is -3.94. The molecule has 0 aliphatic rings. The Kier molecular flexibility index (Phi) is 6.00. The first-order valence-corrected chi connectivity index (χ1v) is 11.0. The molecule has 0 spiro atoms. The second-order valence-corrected chi connectivity index (χ2v) is 9.24. The van der Waals surface area contributed by atoms with Gasteiger partial charge in [-0.15, -0.1) is 0 Å². The molecule has 0 unspecified atom stereocenters. The number of ether oxygens (including phenoxy) is 2. The zero-order valence-electron chi connectivity index (χ0n) is 20.2. The first-order chi connectivity index (χ1) is 16.0. The largest absolute Gasteiger partial charge is 0.478 e. The molecule has 0 bridgehead atoms. The molecule has 8 nitrogen and oxygen atoms in total. The van der Waals surface area contributed by atoms with E-state index in [2.05, 4.69) is 4.98 Å². The summed E-state index contributed by atoms with van der Waals surface area (Å²) in [5.41, 5.74) is 3.90. The third-order valence-corrected chi connectivity index (χ3v) is 5.19. The molecule has 0 atom stereocenters. The Balaban J connectivity index is 1.71. The second kappa shape index (κ2) is 8.78. The fourth-order valence-electron chi connectivity index (χ4n) is 3.70. The number of carbonyl (C=O) groups excluding carboxylic acids is 1. The van der Waals surface area contributed by atoms with Crippen molar-refractivity contribution in [2.45, 2.75) is 47.1 Å². The van der Waals surface area contributed by atoms with Crippen LogP contribution in [0.25, 0.3) is 22.6 Å². The van der Waals surface area contributed by atoms with Gasteiger partial charge < -0.3 is 9.47 Å². The van der Waals surface area contributed by atoms with Crippen LogP contribution < -0.4 is 10.3 Å². The first kappa shape index (κ1) is 23.2. The zero-order valence-corrected chi connectivity index (χ0v) is 20.2. The number of hydrogen-bond acceptors (Lipinski definition) is 6. The lowest BCUT2D eigenvalue weighted by Crippen LogP contribution is -2.27. The molecule has 176 valence electrons. The predicted octanol–water partition coefficient (Wildman–Crippen LogP) is 4.19. The second-order valence-electron chi connectivity index (χ2n) is 9.24. The quantitative estimate of drug-likeness (QED) is 0.415. The topological polar surface area (TPSA) is 87.7 Å². The maximum absolute atomic E-state index is 13.5. The van der Waals surface area contributed by atoms with E-state index < -0.39 is 11.6 Å². The molecule has 0 saturated carbocycles. The summed E-state index contributed by atoms with van der Waals surface area (Å²) in [5, 5.41) is 4.70. The van der Waals surface area contributed by atoms with Gasteiger partial charge in [0.1, 0.15) is 11.3 Å². The van der Waals surface area contributed by atoms with Crippen LogP contribution in [0.5, 0.6) is 5.75 Å². The van der Waals surface area contributed by atoms with E-state index in [1.54, 1.807) is 46.0 Å². The third-order valence-electron chi connectivity index (χ3n) is 5.19. The van der Waals surface area contributed by atoms with Gasteiger partial charge in [-0.05, 0) is 71.9 Å². The fraction of sp³-hybridized carbons (Fsp3) is 0.308. The SMILES string of the molecule is Cc1ccc(-n2nc(-c3c(C)nc4c(OCC(=O)OC(C)(C)C)cccn4c3=O)cc2C)cc1. The van der Waals surface area contributed by atoms with Crippen molar-refractivity contribution < 1.29 is 14.3 Å². The van der Waals surface area contributed by atoms with Gasteiger partial charge in [-0.3, -0.25) is 9.20 Å². The number of rotatable bonds is 5. The maximum Gasteiger partial charge on any atom is 0.344 e. The van der Waals surface area contributed by atoms with E-state index in [9.17, 15) is 9.59 Å². The highest BCUT2D eigenvalue weighted by molar-refractivity contribution is 5.72. The molecule has 34 heavy (non-hydrogen) atoms. The summed E-state index contributed by atoms with van der Waals surface area (Å²) in [6, 6.07) is 13.2. The molecule has 8 heteroatoms. The minimum absolute atomic E-state index is 0.265. The Morgan fingerprint density at radius 1 is 1.06 bits per heavy atom. The lowest BCUT2D eigenvalue weighted by molar-refractivity contribution is -0.157. The van der Waals surface area contributed by atoms with Crippen LogP contribution in [0.3, 0.4) is 0 Å². The summed E-state index contributed by atoms with van der Waals surface area (Å²) < 4.78 is 14.2. The first-order valence-electron chi connectivity index (χ1n) is 11.0. The van der Waals surface area contributed by atoms with Crippen LogP contribution in [0.2, 0.25) is 0 Å². The molecule has 4 rings (SSSR count). The number of pyridine rings is 1. The standard InChI is InChI=1S/C26H28N4O4/c1-16-9-11-19(12-10-16)30-17(2)14-20(28-30)23-18(3)27-24-21(8-7-13-29(24)25(23)32)33-15-22(31)34-26(4,5)6/h7-14H,15H2,1-6H3. The van der Waals surface area contributed by atoms with Crippen molar-refractivity contribution in [3.8, 4) is 22.7 Å². The molecule has 0 aliphatic carbocycles. The molecule has 0 saturated heterocycles. The number of esters is 1. The number of benzene rings is 1. The summed E-state index contributed by atoms with van der Waals surface area (Å²) in [6.45, 7) is 10.8. The van der Waals surface area contributed by atoms with E-state index in [1.807, 2.05) is 48.9 Å². The highest BCUT2D eigenvalue weighted by atomic mass is 16.6. The Bertz CT molecular complexity index is 1430. The normalized spacial score (nSPS) is 11.6. The fourth-order valence-corrected chi connectivity index (χ4v) is 3.70. The molecule has 1 aromatic carbocycles. The van der Waals surface area contributed by atoms with E-state index in [4.69, 9.17) is 14.6 Å². The van der Waals surface area contributed by atoms with E-state index in [0.717, 1.165) is 16.9 Å². The van der Waals surface area contributed by atoms with Gasteiger partial charge >= 0.3 is 5.97 Å². The monoisotopic (exact) mass is 460 g/mol. The predicted molar refractivity (Wildman–Crippen MR) is 130 cm³/mol. The Morgan fingerprint density at radius 2 is 1.76 bits per heavy atom. The summed E-state index contributed by atoms with van der Waals surface area (Å²) in [5.74, 6) is -0.177. The zero-order chi connectivity index (χ0) is 24.6. The van der Waals surface area contributed by atoms with Gasteiger partial charge in [0.25, 0.3) is 5.56 Å². The third kappa shape index (κ3) is 4.71. The highest BCUT2D eigenvalue weighted by Crippen LogP contribution is 2.24. The molecular formula is C26H28N4O4. The maximum atomic E-state index is 13.5. The van der Waals surface area contributed by atoms with Gasteiger partial charge in [0.2, 0.25) is 0 Å². The minimum atomic E-state index is -0.611. The summed E-state index contributed by atoms with van der Waals surface area (Å²) in [7, 11) is 0. The van der Waals surface area contributed by atoms with Crippen LogP contribution in [-0.4, -0.2) is 37.3 Å². The smallest absolute Gasteiger partial charge is 0.344 e. The van der Waals surface area contributed by atoms with Crippen molar-refractivity contribution in [1.29, 1.82) is 0 Å². The van der Waals surface area contributed by atoms with Crippen LogP contribution in [0.4, 0.5) is 0 Å². The van der Waals surface area contributed by atoms with E-state index >= 15 is 0 Å². The lowest BCUT2D eigenvalue weighted by Gasteiger charge is -2.19. The number of carbonyl (C=O) groups is 1. The van der Waals surface area contributed by atoms with Gasteiger partial charge in [-0.25, -0.2) is 14.5 Å². The average Bonchev–Trinajstić information content (AvgIpc) is 3.12. The molecule has 3 heterocycles. The number of aromatic nitrogens is 4. The highest BCUT2D eigenvalue weighted by Gasteiger charge is 2.20. The minimum Gasteiger partial charge on any atom is -0.478 e. The van der Waals surface area contributed by atoms with Gasteiger partial charge in [0.05, 0.1) is 16.9 Å². The van der Waals surface area contributed by atoms with Gasteiger partial charge in [0.15, 0.2) is 18.0 Å². The molecule has 0 amide bonds. The van der Waals surface area contributed by atoms with Crippen LogP contribution in [0.15, 0.2) is 53.5 Å². The number of aryl methyl sites for hydroxylation is 3. The van der Waals surface area contributed by atoms with Crippen molar-refractivity contribution in [2.24, 2.45) is 0 Å². The Morgan fingerprint density at radius 3 is 2.44 bits per heavy atom. The molecule has 0 fully saturated rings. The van der Waals surface area contributed by atoms with Crippen molar-refractivity contribution >= 4 is 11.6 Å². The van der Waals surface area contributed by atoms with Crippen molar-refractivity contribution in [3.63, 3.8) is 0 Å². The van der Waals surface area contributed by atoms with Crippen LogP contribution in [0.1, 0.15) is 37.7 Å². The summed E-state index contributed by atoms with van der Waals surface area (Å²) in [6.07, 6.45) is 1.62. The van der Waals surface area contributed by atoms with Crippen LogP contribution in [-0.2, 0) is 9.53 Å². The molecule has 3 aromatic heterocycles. The van der Waals surface area contributed by atoms with Crippen LogP contribution in [0, 0.1) is 20.8 Å². The van der Waals surface area contributed by atoms with Gasteiger partial charge in [-0.1, -0.05) is 17.7 Å². The van der Waals surface area contributed by atoms with Crippen molar-refractivity contribution in [3.05, 3.63) is 76.0 Å². The molecule has 0 aliphatic heterocycles.